The minimum atomic E-state index is -4.99. The number of hydrogen-bond donors (Lipinski definition) is 6. The number of hydrogen-bond acceptors (Lipinski definition) is 18. The number of anilines is 2. The van der Waals surface area contributed by atoms with Gasteiger partial charge in [0.15, 0.2) is 34.5 Å². The number of phenolic OH excluding ortho intramolecular Hbond substituents is 2. The number of rotatable bonds is 16. The highest BCUT2D eigenvalue weighted by Gasteiger charge is 2.25. The molecule has 0 radical (unpaired) electrons. The lowest BCUT2D eigenvalue weighted by molar-refractivity contribution is 0.101. The smallest absolute Gasteiger partial charge is 0.296 e. The molecule has 70 heavy (non-hydrogen) atoms. The van der Waals surface area contributed by atoms with E-state index in [2.05, 4.69) is 31.1 Å². The fourth-order valence-electron chi connectivity index (χ4n) is 7.09. The van der Waals surface area contributed by atoms with E-state index in [9.17, 15) is 45.7 Å². The molecule has 2 amide bonds. The molecule has 0 bridgehead atoms. The van der Waals surface area contributed by atoms with Crippen LogP contribution in [0.5, 0.6) is 46.0 Å². The van der Waals surface area contributed by atoms with E-state index in [0.29, 0.717) is 0 Å². The summed E-state index contributed by atoms with van der Waals surface area (Å²) in [5.41, 5.74) is -0.339. The van der Waals surface area contributed by atoms with Gasteiger partial charge in [-0.2, -0.15) is 27.1 Å². The Hall–Kier alpha value is -8.58. The number of amides is 2. The largest absolute Gasteiger partial charge is 0.505 e. The predicted molar refractivity (Wildman–Crippen MR) is 254 cm³/mol. The molecular weight excluding hydrogens is 957 g/mol. The predicted octanol–water partition coefficient (Wildman–Crippen LogP) is 9.28. The molecule has 22 nitrogen and oxygen atoms in total. The van der Waals surface area contributed by atoms with Gasteiger partial charge >= 0.3 is 0 Å². The van der Waals surface area contributed by atoms with Gasteiger partial charge in [-0.15, -0.1) is 10.2 Å². The average molecular weight is 997 g/mol. The van der Waals surface area contributed by atoms with Crippen LogP contribution in [0.3, 0.4) is 0 Å². The molecule has 7 aromatic rings. The summed E-state index contributed by atoms with van der Waals surface area (Å²) in [6, 6.07) is 21.6. The van der Waals surface area contributed by atoms with Crippen LogP contribution in [-0.2, 0) is 20.2 Å². The van der Waals surface area contributed by atoms with Crippen LogP contribution in [0.2, 0.25) is 0 Å². The number of phenols is 2. The normalized spacial score (nSPS) is 11.8. The van der Waals surface area contributed by atoms with Gasteiger partial charge in [-0.3, -0.25) is 18.7 Å². The number of carbonyl (C=O) groups excluding carboxylic acids is 2. The minimum Gasteiger partial charge on any atom is -0.505 e. The highest BCUT2D eigenvalue weighted by atomic mass is 32.2. The van der Waals surface area contributed by atoms with Gasteiger partial charge in [0.2, 0.25) is 11.5 Å². The van der Waals surface area contributed by atoms with E-state index >= 15 is 0 Å². The standard InChI is InChI=1S/C46H40N6O16S2/c1-63-33-19-29(20-34(64-2)43(33)67-5)49-51-39-37(69(57,58)59)17-25-15-27(11-13-31(25)41(39)53)47-45(55)23-7-9-24(10-8-23)46(56)48-28-12-14-32-26(16-28)18-38(70(60,61)62)40(42(32)54)52-50-30-21-35(65-3)44(68-6)36(22-30)66-4/h7-22,53-54H,1-6H3,(H,47,55)(H,48,56)(H,57,58,59)(H,60,61,62). The van der Waals surface area contributed by atoms with E-state index in [4.69, 9.17) is 28.4 Å². The highest BCUT2D eigenvalue weighted by Crippen LogP contribution is 2.46. The van der Waals surface area contributed by atoms with Crippen LogP contribution in [0.15, 0.2) is 127 Å². The number of ether oxygens (including phenoxy) is 6. The summed E-state index contributed by atoms with van der Waals surface area (Å²) >= 11 is 0. The minimum absolute atomic E-state index is 0.0956. The SMILES string of the molecule is COc1cc(N=Nc2c(S(=O)(=O)O)cc3cc(NC(=O)c4ccc(C(=O)Nc5ccc6c(O)c(N=Nc7cc(OC)c(OC)c(OC)c7)c(S(=O)(=O)O)cc6c5)cc4)ccc3c2O)cc(OC)c1OC. The Labute approximate surface area is 398 Å². The van der Waals surface area contributed by atoms with Gasteiger partial charge < -0.3 is 49.3 Å². The van der Waals surface area contributed by atoms with Crippen LogP contribution in [0.25, 0.3) is 21.5 Å². The number of nitrogens with one attached hydrogen (secondary N) is 2. The summed E-state index contributed by atoms with van der Waals surface area (Å²) in [4.78, 5) is 25.1. The molecule has 6 N–H and O–H groups in total. The molecule has 0 unspecified atom stereocenters. The Morgan fingerprint density at radius 1 is 0.457 bits per heavy atom. The van der Waals surface area contributed by atoms with Crippen molar-refractivity contribution in [2.75, 3.05) is 53.3 Å². The number of methoxy groups -OCH3 is 6. The highest BCUT2D eigenvalue weighted by molar-refractivity contribution is 7.86. The second-order valence-electron chi connectivity index (χ2n) is 14.6. The molecule has 0 aliphatic heterocycles. The van der Waals surface area contributed by atoms with Crippen LogP contribution in [-0.4, -0.2) is 90.6 Å². The second-order valence-corrected chi connectivity index (χ2v) is 17.4. The molecule has 0 aliphatic carbocycles. The maximum absolute atomic E-state index is 13.3. The van der Waals surface area contributed by atoms with Crippen molar-refractivity contribution in [2.45, 2.75) is 9.79 Å². The molecule has 0 saturated heterocycles. The van der Waals surface area contributed by atoms with Crippen molar-refractivity contribution >= 4 is 87.7 Å². The molecule has 362 valence electrons. The summed E-state index contributed by atoms with van der Waals surface area (Å²) in [7, 11) is -1.65. The number of aromatic hydroxyl groups is 2. The first-order valence-corrected chi connectivity index (χ1v) is 22.9. The van der Waals surface area contributed by atoms with Crippen LogP contribution in [0.4, 0.5) is 34.1 Å². The molecule has 0 fully saturated rings. The summed E-state index contributed by atoms with van der Waals surface area (Å²) in [6.45, 7) is 0. The van der Waals surface area contributed by atoms with Gasteiger partial charge in [0.25, 0.3) is 32.1 Å². The lowest BCUT2D eigenvalue weighted by Gasteiger charge is -2.13. The third-order valence-corrected chi connectivity index (χ3v) is 12.1. The monoisotopic (exact) mass is 996 g/mol. The lowest BCUT2D eigenvalue weighted by Crippen LogP contribution is -2.14. The van der Waals surface area contributed by atoms with Gasteiger partial charge in [0, 0.05) is 57.5 Å². The summed E-state index contributed by atoms with van der Waals surface area (Å²) < 4.78 is 102. The van der Waals surface area contributed by atoms with Crippen LogP contribution in [0, 0.1) is 0 Å². The summed E-state index contributed by atoms with van der Waals surface area (Å²) in [6.07, 6.45) is 0. The van der Waals surface area contributed by atoms with Gasteiger partial charge in [-0.05, 0) is 83.6 Å². The average Bonchev–Trinajstić information content (AvgIpc) is 3.34. The van der Waals surface area contributed by atoms with Gasteiger partial charge in [0.05, 0.1) is 54.0 Å². The molecule has 7 rings (SSSR count). The zero-order valence-electron chi connectivity index (χ0n) is 37.5. The zero-order chi connectivity index (χ0) is 50.7. The third-order valence-electron chi connectivity index (χ3n) is 10.4. The van der Waals surface area contributed by atoms with Crippen LogP contribution < -0.4 is 39.1 Å². The van der Waals surface area contributed by atoms with Gasteiger partial charge in [-0.1, -0.05) is 0 Å². The first-order chi connectivity index (χ1) is 33.3. The quantitative estimate of drug-likeness (QED) is 0.0388. The number of benzene rings is 7. The molecule has 0 aromatic heterocycles. The number of carbonyl (C=O) groups is 2. The molecule has 24 heteroatoms. The molecule has 0 saturated carbocycles. The van der Waals surface area contributed by atoms with Crippen LogP contribution in [0.1, 0.15) is 20.7 Å². The van der Waals surface area contributed by atoms with E-state index in [0.717, 1.165) is 12.1 Å². The fraction of sp³-hybridized carbons (Fsp3) is 0.130. The number of nitrogens with zero attached hydrogens (tertiary/aromatic N) is 4. The van der Waals surface area contributed by atoms with E-state index in [1.807, 2.05) is 0 Å². The molecular formula is C46H40N6O16S2. The Morgan fingerprint density at radius 3 is 1.07 bits per heavy atom. The topological polar surface area (TPSA) is 312 Å². The van der Waals surface area contributed by atoms with E-state index in [1.54, 1.807) is 0 Å². The molecule has 0 heterocycles. The van der Waals surface area contributed by atoms with E-state index in [-0.39, 0.29) is 89.9 Å². The number of azo groups is 2. The fourth-order valence-corrected chi connectivity index (χ4v) is 8.41. The van der Waals surface area contributed by atoms with Crippen molar-refractivity contribution in [2.24, 2.45) is 20.5 Å². The van der Waals surface area contributed by atoms with Crippen molar-refractivity contribution in [1.29, 1.82) is 0 Å². The maximum atomic E-state index is 13.3. The maximum Gasteiger partial charge on any atom is 0.296 e. The van der Waals surface area contributed by atoms with Crippen molar-refractivity contribution in [3.05, 3.63) is 108 Å². The second kappa shape index (κ2) is 19.9. The summed E-state index contributed by atoms with van der Waals surface area (Å²) in [5.74, 6) is -1.12. The van der Waals surface area contributed by atoms with Gasteiger partial charge in [-0.25, -0.2) is 0 Å². The molecule has 0 aliphatic rings. The van der Waals surface area contributed by atoms with E-state index < -0.39 is 64.7 Å². The number of fused-ring (bicyclic) bond motifs is 2. The Morgan fingerprint density at radius 2 is 0.786 bits per heavy atom. The summed E-state index contributed by atoms with van der Waals surface area (Å²) in [5, 5.41) is 44.0. The Kier molecular flexibility index (Phi) is 14.1. The van der Waals surface area contributed by atoms with E-state index in [1.165, 1.54) is 128 Å². The van der Waals surface area contributed by atoms with Crippen molar-refractivity contribution in [1.82, 2.24) is 0 Å². The zero-order valence-corrected chi connectivity index (χ0v) is 39.2. The van der Waals surface area contributed by atoms with Gasteiger partial charge in [0.1, 0.15) is 21.2 Å². The first kappa shape index (κ1) is 49.3. The third kappa shape index (κ3) is 10.1. The Bertz CT molecular complexity index is 3250. The lowest BCUT2D eigenvalue weighted by atomic mass is 10.1. The van der Waals surface area contributed by atoms with Crippen molar-refractivity contribution in [3.8, 4) is 46.0 Å². The molecule has 7 aromatic carbocycles. The van der Waals surface area contributed by atoms with Crippen LogP contribution >= 0.6 is 0 Å². The van der Waals surface area contributed by atoms with Crippen molar-refractivity contribution < 1.29 is 74.2 Å². The van der Waals surface area contributed by atoms with Crippen molar-refractivity contribution in [3.63, 3.8) is 0 Å². The first-order valence-electron chi connectivity index (χ1n) is 20.0. The molecule has 0 atom stereocenters. The Balaban J connectivity index is 1.08. The molecule has 0 spiro atoms.